The third kappa shape index (κ3) is 6.14. The summed E-state index contributed by atoms with van der Waals surface area (Å²) in [5.41, 5.74) is 5.37. The highest BCUT2D eigenvalue weighted by Crippen LogP contribution is 2.15. The quantitative estimate of drug-likeness (QED) is 0.649. The maximum atomic E-state index is 11.5. The van der Waals surface area contributed by atoms with Crippen LogP contribution < -0.4 is 11.1 Å². The number of hydrogen-bond donors (Lipinski definition) is 2. The molecule has 1 amide bonds. The van der Waals surface area contributed by atoms with Gasteiger partial charge in [-0.2, -0.15) is 0 Å². The largest absolute Gasteiger partial charge is 0.350 e. The zero-order valence-corrected chi connectivity index (χ0v) is 9.97. The highest BCUT2D eigenvalue weighted by atomic mass is 16.1. The van der Waals surface area contributed by atoms with E-state index in [1.165, 1.54) is 0 Å². The van der Waals surface area contributed by atoms with Crippen LogP contribution in [0.15, 0.2) is 0 Å². The molecule has 0 aromatic carbocycles. The second-order valence-corrected chi connectivity index (χ2v) is 4.62. The maximum absolute atomic E-state index is 11.5. The molecule has 0 spiro atoms. The van der Waals surface area contributed by atoms with Crippen LogP contribution in [0, 0.1) is 18.3 Å². The van der Waals surface area contributed by atoms with Gasteiger partial charge in [0, 0.05) is 24.9 Å². The van der Waals surface area contributed by atoms with Crippen LogP contribution >= 0.6 is 0 Å². The minimum absolute atomic E-state index is 0.0125. The van der Waals surface area contributed by atoms with E-state index < -0.39 is 0 Å². The van der Waals surface area contributed by atoms with Crippen LogP contribution in [0.4, 0.5) is 0 Å². The lowest BCUT2D eigenvalue weighted by atomic mass is 9.90. The molecule has 0 aliphatic carbocycles. The molecule has 0 aromatic rings. The second kappa shape index (κ2) is 6.47. The summed E-state index contributed by atoms with van der Waals surface area (Å²) in [7, 11) is 0. The molecule has 0 rings (SSSR count). The van der Waals surface area contributed by atoms with Gasteiger partial charge in [0.25, 0.3) is 0 Å². The van der Waals surface area contributed by atoms with E-state index in [0.29, 0.717) is 25.3 Å². The molecule has 0 aliphatic heterocycles. The van der Waals surface area contributed by atoms with Gasteiger partial charge in [-0.05, 0) is 19.3 Å². The number of carbonyl (C=O) groups is 1. The summed E-state index contributed by atoms with van der Waals surface area (Å²) in [4.78, 5) is 11.5. The summed E-state index contributed by atoms with van der Waals surface area (Å²) < 4.78 is 0. The lowest BCUT2D eigenvalue weighted by Crippen LogP contribution is -2.52. The first-order valence-electron chi connectivity index (χ1n) is 5.38. The number of nitrogens with one attached hydrogen (secondary N) is 1. The zero-order chi connectivity index (χ0) is 11.9. The molecule has 15 heavy (non-hydrogen) atoms. The van der Waals surface area contributed by atoms with Crippen LogP contribution in [0.3, 0.4) is 0 Å². The average Bonchev–Trinajstić information content (AvgIpc) is 2.13. The summed E-state index contributed by atoms with van der Waals surface area (Å²) in [6.45, 7) is 6.65. The predicted molar refractivity (Wildman–Crippen MR) is 63.1 cm³/mol. The summed E-state index contributed by atoms with van der Waals surface area (Å²) in [6, 6.07) is 0. The van der Waals surface area contributed by atoms with Gasteiger partial charge in [-0.3, -0.25) is 4.79 Å². The van der Waals surface area contributed by atoms with Gasteiger partial charge in [0.2, 0.25) is 5.91 Å². The smallest absolute Gasteiger partial charge is 0.221 e. The molecule has 0 bridgehead atoms. The molecular weight excluding hydrogens is 188 g/mol. The van der Waals surface area contributed by atoms with E-state index in [1.54, 1.807) is 0 Å². The van der Waals surface area contributed by atoms with Crippen molar-refractivity contribution >= 4 is 5.91 Å². The van der Waals surface area contributed by atoms with Crippen molar-refractivity contribution in [3.8, 4) is 12.3 Å². The summed E-state index contributed by atoms with van der Waals surface area (Å²) >= 11 is 0. The Morgan fingerprint density at radius 1 is 1.60 bits per heavy atom. The summed E-state index contributed by atoms with van der Waals surface area (Å²) in [5, 5.41) is 2.95. The topological polar surface area (TPSA) is 55.1 Å². The van der Waals surface area contributed by atoms with Crippen LogP contribution in [-0.4, -0.2) is 18.0 Å². The third-order valence-electron chi connectivity index (χ3n) is 2.25. The normalized spacial score (nSPS) is 14.4. The molecule has 0 saturated heterocycles. The van der Waals surface area contributed by atoms with Gasteiger partial charge in [-0.25, -0.2) is 0 Å². The highest BCUT2D eigenvalue weighted by Gasteiger charge is 2.25. The van der Waals surface area contributed by atoms with Crippen molar-refractivity contribution in [1.82, 2.24) is 5.32 Å². The van der Waals surface area contributed by atoms with E-state index >= 15 is 0 Å². The Balaban J connectivity index is 4.19. The van der Waals surface area contributed by atoms with Crippen LogP contribution in [-0.2, 0) is 4.79 Å². The van der Waals surface area contributed by atoms with Gasteiger partial charge >= 0.3 is 0 Å². The first-order chi connectivity index (χ1) is 6.93. The Morgan fingerprint density at radius 3 is 2.60 bits per heavy atom. The molecule has 3 N–H and O–H groups in total. The van der Waals surface area contributed by atoms with Crippen molar-refractivity contribution in [3.05, 3.63) is 0 Å². The average molecular weight is 210 g/mol. The van der Waals surface area contributed by atoms with Crippen molar-refractivity contribution < 1.29 is 4.79 Å². The van der Waals surface area contributed by atoms with Crippen molar-refractivity contribution in [2.75, 3.05) is 6.54 Å². The van der Waals surface area contributed by atoms with Crippen LogP contribution in [0.5, 0.6) is 0 Å². The number of nitrogens with two attached hydrogens (primary N) is 1. The lowest BCUT2D eigenvalue weighted by Gasteiger charge is -2.31. The monoisotopic (exact) mass is 210 g/mol. The highest BCUT2D eigenvalue weighted by molar-refractivity contribution is 5.77. The molecule has 3 nitrogen and oxygen atoms in total. The number of carbonyl (C=O) groups excluding carboxylic acids is 1. The number of amides is 1. The molecule has 0 aliphatic rings. The lowest BCUT2D eigenvalue weighted by molar-refractivity contribution is -0.122. The van der Waals surface area contributed by atoms with E-state index in [2.05, 4.69) is 25.1 Å². The Labute approximate surface area is 92.8 Å². The fourth-order valence-electron chi connectivity index (χ4n) is 1.67. The standard InChI is InChI=1S/C12H22N2O/c1-5-6-7-11(15)14-12(4,9-13)8-10(2)3/h1,10H,6-9,13H2,2-4H3,(H,14,15). The minimum atomic E-state index is -0.306. The molecule has 0 heterocycles. The minimum Gasteiger partial charge on any atom is -0.350 e. The van der Waals surface area contributed by atoms with Crippen molar-refractivity contribution in [1.29, 1.82) is 0 Å². The van der Waals surface area contributed by atoms with E-state index in [1.807, 2.05) is 6.92 Å². The van der Waals surface area contributed by atoms with Crippen molar-refractivity contribution in [3.63, 3.8) is 0 Å². The number of rotatable bonds is 6. The fourth-order valence-corrected chi connectivity index (χ4v) is 1.67. The molecule has 1 unspecified atom stereocenters. The summed E-state index contributed by atoms with van der Waals surface area (Å²) in [6.07, 6.45) is 6.84. The Hall–Kier alpha value is -1.01. The first-order valence-corrected chi connectivity index (χ1v) is 5.38. The molecule has 0 fully saturated rings. The van der Waals surface area contributed by atoms with E-state index in [-0.39, 0.29) is 11.4 Å². The van der Waals surface area contributed by atoms with E-state index in [9.17, 15) is 4.79 Å². The molecule has 86 valence electrons. The van der Waals surface area contributed by atoms with Crippen molar-refractivity contribution in [2.45, 2.75) is 45.6 Å². The summed E-state index contributed by atoms with van der Waals surface area (Å²) in [5.74, 6) is 2.94. The van der Waals surface area contributed by atoms with Gasteiger partial charge < -0.3 is 11.1 Å². The molecule has 0 saturated carbocycles. The first kappa shape index (κ1) is 14.0. The molecule has 0 aromatic heterocycles. The van der Waals surface area contributed by atoms with E-state index in [4.69, 9.17) is 12.2 Å². The van der Waals surface area contributed by atoms with Gasteiger partial charge in [-0.15, -0.1) is 12.3 Å². The van der Waals surface area contributed by atoms with Crippen LogP contribution in [0.1, 0.15) is 40.0 Å². The van der Waals surface area contributed by atoms with Gasteiger partial charge in [0.15, 0.2) is 0 Å². The van der Waals surface area contributed by atoms with Gasteiger partial charge in [0.05, 0.1) is 0 Å². The second-order valence-electron chi connectivity index (χ2n) is 4.62. The number of terminal acetylenes is 1. The maximum Gasteiger partial charge on any atom is 0.221 e. The van der Waals surface area contributed by atoms with Crippen LogP contribution in [0.2, 0.25) is 0 Å². The Morgan fingerprint density at radius 2 is 2.20 bits per heavy atom. The molecule has 1 atom stereocenters. The molecule has 3 heteroatoms. The van der Waals surface area contributed by atoms with Crippen molar-refractivity contribution in [2.24, 2.45) is 11.7 Å². The number of hydrogen-bond acceptors (Lipinski definition) is 2. The fraction of sp³-hybridized carbons (Fsp3) is 0.750. The SMILES string of the molecule is C#CCCC(=O)NC(C)(CN)CC(C)C. The van der Waals surface area contributed by atoms with Crippen LogP contribution in [0.25, 0.3) is 0 Å². The third-order valence-corrected chi connectivity index (χ3v) is 2.25. The molecule has 0 radical (unpaired) electrons. The Bertz CT molecular complexity index is 242. The molecular formula is C12H22N2O. The van der Waals surface area contributed by atoms with E-state index in [0.717, 1.165) is 6.42 Å². The van der Waals surface area contributed by atoms with Gasteiger partial charge in [0.1, 0.15) is 0 Å². The Kier molecular flexibility index (Phi) is 6.03. The zero-order valence-electron chi connectivity index (χ0n) is 9.97. The van der Waals surface area contributed by atoms with Gasteiger partial charge in [-0.1, -0.05) is 13.8 Å². The predicted octanol–water partition coefficient (Wildman–Crippen LogP) is 1.28.